The summed E-state index contributed by atoms with van der Waals surface area (Å²) in [4.78, 5) is 4.15. The molecule has 0 radical (unpaired) electrons. The molecule has 1 unspecified atom stereocenters. The van der Waals surface area contributed by atoms with E-state index in [4.69, 9.17) is 4.74 Å². The van der Waals surface area contributed by atoms with Gasteiger partial charge in [-0.2, -0.15) is 0 Å². The van der Waals surface area contributed by atoms with E-state index in [1.807, 2.05) is 36.4 Å². The standard InChI is InChI=1S/C18H13NO3/c20-12-6-7-15(19-9-12)14-10-22-16-8-5-11-3-1-2-4-13(11)17(16)18(14)21/h1-10,18,20-21H. The molecule has 3 aromatic rings. The summed E-state index contributed by atoms with van der Waals surface area (Å²) < 4.78 is 5.67. The minimum Gasteiger partial charge on any atom is -0.506 e. The zero-order chi connectivity index (χ0) is 15.1. The Hall–Kier alpha value is -2.85. The molecular weight excluding hydrogens is 278 g/mol. The molecule has 2 N–H and O–H groups in total. The fraction of sp³-hybridized carbons (Fsp3) is 0.0556. The van der Waals surface area contributed by atoms with Gasteiger partial charge in [-0.25, -0.2) is 0 Å². The summed E-state index contributed by atoms with van der Waals surface area (Å²) in [7, 11) is 0. The second kappa shape index (κ2) is 4.86. The van der Waals surface area contributed by atoms with E-state index < -0.39 is 6.10 Å². The molecule has 0 aliphatic carbocycles. The third-order valence-corrected chi connectivity index (χ3v) is 3.86. The Balaban J connectivity index is 1.87. The minimum absolute atomic E-state index is 0.0846. The van der Waals surface area contributed by atoms with Crippen LogP contribution in [0.2, 0.25) is 0 Å². The number of hydrogen-bond acceptors (Lipinski definition) is 4. The van der Waals surface area contributed by atoms with Gasteiger partial charge in [-0.1, -0.05) is 30.3 Å². The molecule has 0 spiro atoms. The lowest BCUT2D eigenvalue weighted by Crippen LogP contribution is -2.10. The molecular formula is C18H13NO3. The Labute approximate surface area is 126 Å². The average Bonchev–Trinajstić information content (AvgIpc) is 2.56. The van der Waals surface area contributed by atoms with Gasteiger partial charge >= 0.3 is 0 Å². The van der Waals surface area contributed by atoms with Crippen molar-refractivity contribution in [2.24, 2.45) is 0 Å². The average molecular weight is 291 g/mol. The highest BCUT2D eigenvalue weighted by Crippen LogP contribution is 2.42. The number of aromatic hydroxyl groups is 1. The molecule has 4 nitrogen and oxygen atoms in total. The summed E-state index contributed by atoms with van der Waals surface area (Å²) in [5.41, 5.74) is 1.89. The lowest BCUT2D eigenvalue weighted by atomic mass is 9.92. The highest BCUT2D eigenvalue weighted by Gasteiger charge is 2.26. The summed E-state index contributed by atoms with van der Waals surface area (Å²) in [6.07, 6.45) is 2.04. The lowest BCUT2D eigenvalue weighted by molar-refractivity contribution is 0.225. The summed E-state index contributed by atoms with van der Waals surface area (Å²) >= 11 is 0. The quantitative estimate of drug-likeness (QED) is 0.721. The predicted octanol–water partition coefficient (Wildman–Crippen LogP) is 3.41. The van der Waals surface area contributed by atoms with Crippen molar-refractivity contribution < 1.29 is 14.9 Å². The molecule has 22 heavy (non-hydrogen) atoms. The Bertz CT molecular complexity index is 884. The SMILES string of the molecule is Oc1ccc(C2=COc3ccc4ccccc4c3C2O)nc1. The minimum atomic E-state index is -0.827. The number of pyridine rings is 1. The molecule has 1 aliphatic heterocycles. The van der Waals surface area contributed by atoms with Crippen molar-refractivity contribution >= 4 is 16.3 Å². The second-order valence-corrected chi connectivity index (χ2v) is 5.19. The maximum atomic E-state index is 10.8. The van der Waals surface area contributed by atoms with Gasteiger partial charge in [0.2, 0.25) is 0 Å². The van der Waals surface area contributed by atoms with Crippen LogP contribution in [0.3, 0.4) is 0 Å². The molecule has 0 bridgehead atoms. The molecule has 1 atom stereocenters. The van der Waals surface area contributed by atoms with Crippen molar-refractivity contribution in [3.63, 3.8) is 0 Å². The summed E-state index contributed by atoms with van der Waals surface area (Å²) in [5, 5.41) is 22.1. The van der Waals surface area contributed by atoms with E-state index >= 15 is 0 Å². The number of aliphatic hydroxyl groups excluding tert-OH is 1. The van der Waals surface area contributed by atoms with E-state index in [9.17, 15) is 10.2 Å². The van der Waals surface area contributed by atoms with Crippen LogP contribution in [0.1, 0.15) is 17.4 Å². The molecule has 0 saturated carbocycles. The molecule has 1 aromatic heterocycles. The van der Waals surface area contributed by atoms with Crippen molar-refractivity contribution in [3.05, 3.63) is 72.2 Å². The van der Waals surface area contributed by atoms with Crippen LogP contribution >= 0.6 is 0 Å². The molecule has 0 saturated heterocycles. The van der Waals surface area contributed by atoms with Gasteiger partial charge in [0.15, 0.2) is 0 Å². The number of fused-ring (bicyclic) bond motifs is 3. The number of hydrogen-bond donors (Lipinski definition) is 2. The van der Waals surface area contributed by atoms with Crippen molar-refractivity contribution in [1.82, 2.24) is 4.98 Å². The van der Waals surface area contributed by atoms with Crippen LogP contribution in [-0.4, -0.2) is 15.2 Å². The van der Waals surface area contributed by atoms with Crippen LogP contribution in [0, 0.1) is 0 Å². The highest BCUT2D eigenvalue weighted by atomic mass is 16.5. The molecule has 4 rings (SSSR count). The van der Waals surface area contributed by atoms with E-state index in [2.05, 4.69) is 4.98 Å². The van der Waals surface area contributed by atoms with Crippen LogP contribution in [0.5, 0.6) is 11.5 Å². The zero-order valence-electron chi connectivity index (χ0n) is 11.6. The summed E-state index contributed by atoms with van der Waals surface area (Å²) in [6.45, 7) is 0. The first-order valence-electron chi connectivity index (χ1n) is 6.96. The van der Waals surface area contributed by atoms with Gasteiger partial charge in [0.1, 0.15) is 17.6 Å². The molecule has 0 fully saturated rings. The number of nitrogens with zero attached hydrogens (tertiary/aromatic N) is 1. The Kier molecular flexibility index (Phi) is 2.84. The fourth-order valence-corrected chi connectivity index (χ4v) is 2.76. The van der Waals surface area contributed by atoms with Gasteiger partial charge in [-0.3, -0.25) is 4.98 Å². The van der Waals surface area contributed by atoms with Crippen molar-refractivity contribution in [3.8, 4) is 11.5 Å². The zero-order valence-corrected chi connectivity index (χ0v) is 11.6. The number of aliphatic hydroxyl groups is 1. The molecule has 108 valence electrons. The van der Waals surface area contributed by atoms with E-state index in [-0.39, 0.29) is 5.75 Å². The van der Waals surface area contributed by atoms with Gasteiger partial charge in [0.05, 0.1) is 18.2 Å². The van der Waals surface area contributed by atoms with Gasteiger partial charge in [0, 0.05) is 11.1 Å². The first kappa shape index (κ1) is 12.9. The maximum Gasteiger partial charge on any atom is 0.133 e. The highest BCUT2D eigenvalue weighted by molar-refractivity contribution is 5.91. The number of ether oxygens (including phenoxy) is 1. The first-order chi connectivity index (χ1) is 10.7. The van der Waals surface area contributed by atoms with E-state index in [0.717, 1.165) is 16.3 Å². The summed E-state index contributed by atoms with van der Waals surface area (Å²) in [6, 6.07) is 14.9. The van der Waals surface area contributed by atoms with Gasteiger partial charge < -0.3 is 14.9 Å². The predicted molar refractivity (Wildman–Crippen MR) is 83.4 cm³/mol. The number of rotatable bonds is 1. The van der Waals surface area contributed by atoms with Crippen LogP contribution in [0.4, 0.5) is 0 Å². The van der Waals surface area contributed by atoms with Crippen molar-refractivity contribution in [1.29, 1.82) is 0 Å². The van der Waals surface area contributed by atoms with Crippen LogP contribution < -0.4 is 4.74 Å². The Morgan fingerprint density at radius 3 is 2.68 bits per heavy atom. The van der Waals surface area contributed by atoms with Crippen molar-refractivity contribution in [2.45, 2.75) is 6.10 Å². The topological polar surface area (TPSA) is 62.6 Å². The van der Waals surface area contributed by atoms with E-state index in [1.54, 1.807) is 6.07 Å². The smallest absolute Gasteiger partial charge is 0.133 e. The number of aromatic nitrogens is 1. The lowest BCUT2D eigenvalue weighted by Gasteiger charge is -2.24. The number of benzene rings is 2. The van der Waals surface area contributed by atoms with Gasteiger partial charge in [-0.05, 0) is 29.0 Å². The second-order valence-electron chi connectivity index (χ2n) is 5.19. The van der Waals surface area contributed by atoms with Crippen LogP contribution in [-0.2, 0) is 0 Å². The van der Waals surface area contributed by atoms with Crippen molar-refractivity contribution in [2.75, 3.05) is 0 Å². The monoisotopic (exact) mass is 291 g/mol. The molecule has 2 heterocycles. The third-order valence-electron chi connectivity index (χ3n) is 3.86. The summed E-state index contributed by atoms with van der Waals surface area (Å²) in [5.74, 6) is 0.732. The normalized spacial score (nSPS) is 16.8. The van der Waals surface area contributed by atoms with E-state index in [0.29, 0.717) is 17.0 Å². The molecule has 2 aromatic carbocycles. The van der Waals surface area contributed by atoms with Crippen LogP contribution in [0.25, 0.3) is 16.3 Å². The maximum absolute atomic E-state index is 10.8. The first-order valence-corrected chi connectivity index (χ1v) is 6.96. The van der Waals surface area contributed by atoms with Gasteiger partial charge in [0.25, 0.3) is 0 Å². The molecule has 1 aliphatic rings. The molecule has 0 amide bonds. The van der Waals surface area contributed by atoms with E-state index in [1.165, 1.54) is 18.5 Å². The Morgan fingerprint density at radius 2 is 1.86 bits per heavy atom. The Morgan fingerprint density at radius 1 is 1.00 bits per heavy atom. The largest absolute Gasteiger partial charge is 0.506 e. The van der Waals surface area contributed by atoms with Crippen LogP contribution in [0.15, 0.2) is 61.0 Å². The fourth-order valence-electron chi connectivity index (χ4n) is 2.76. The third kappa shape index (κ3) is 1.93. The molecule has 4 heteroatoms. The van der Waals surface area contributed by atoms with Gasteiger partial charge in [-0.15, -0.1) is 0 Å².